The van der Waals surface area contributed by atoms with Crippen molar-refractivity contribution in [3.8, 4) is 0 Å². The Morgan fingerprint density at radius 2 is 2.25 bits per heavy atom. The maximum Gasteiger partial charge on any atom is 0.192 e. The molecule has 0 amide bonds. The lowest BCUT2D eigenvalue weighted by atomic mass is 10.3. The molecule has 12 heavy (non-hydrogen) atoms. The van der Waals surface area contributed by atoms with E-state index in [0.717, 1.165) is 9.26 Å². The Morgan fingerprint density at radius 1 is 1.58 bits per heavy atom. The second-order valence-electron chi connectivity index (χ2n) is 2.42. The van der Waals surface area contributed by atoms with Crippen LogP contribution in [0.5, 0.6) is 0 Å². The molecular weight excluding hydrogens is 265 g/mol. The van der Waals surface area contributed by atoms with Gasteiger partial charge in [-0.3, -0.25) is 5.41 Å². The smallest absolute Gasteiger partial charge is 0.192 e. The maximum absolute atomic E-state index is 7.21. The van der Waals surface area contributed by atoms with Crippen LogP contribution in [0.4, 0.5) is 5.69 Å². The first-order chi connectivity index (χ1) is 5.61. The van der Waals surface area contributed by atoms with E-state index in [1.807, 2.05) is 24.3 Å². The van der Waals surface area contributed by atoms with E-state index in [-0.39, 0.29) is 5.96 Å². The minimum atomic E-state index is 0.0528. The lowest BCUT2D eigenvalue weighted by molar-refractivity contribution is 1.19. The van der Waals surface area contributed by atoms with Crippen LogP contribution in [0.1, 0.15) is 0 Å². The molecule has 1 rings (SSSR count). The highest BCUT2D eigenvalue weighted by Gasteiger charge is 2.01. The monoisotopic (exact) mass is 275 g/mol. The molecule has 0 saturated heterocycles. The van der Waals surface area contributed by atoms with Gasteiger partial charge in [-0.15, -0.1) is 0 Å². The topological polar surface area (TPSA) is 53.1 Å². The van der Waals surface area contributed by atoms with Crippen molar-refractivity contribution >= 4 is 34.2 Å². The van der Waals surface area contributed by atoms with E-state index < -0.39 is 0 Å². The van der Waals surface area contributed by atoms with Gasteiger partial charge in [0.05, 0.1) is 0 Å². The van der Waals surface area contributed by atoms with E-state index >= 15 is 0 Å². The Morgan fingerprint density at radius 3 is 2.75 bits per heavy atom. The largest absolute Gasteiger partial charge is 0.370 e. The molecule has 0 bridgehead atoms. The first-order valence-corrected chi connectivity index (χ1v) is 4.52. The number of benzene rings is 1. The third-order valence-electron chi connectivity index (χ3n) is 1.56. The van der Waals surface area contributed by atoms with E-state index in [9.17, 15) is 0 Å². The predicted octanol–water partition coefficient (Wildman–Crippen LogP) is 1.62. The Kier molecular flexibility index (Phi) is 2.91. The molecule has 1 aromatic rings. The van der Waals surface area contributed by atoms with Crippen LogP contribution in [0.15, 0.2) is 24.3 Å². The number of nitrogens with two attached hydrogens (primary N) is 1. The van der Waals surface area contributed by atoms with Crippen LogP contribution in [0, 0.1) is 8.98 Å². The zero-order valence-electron chi connectivity index (χ0n) is 6.71. The second-order valence-corrected chi connectivity index (χ2v) is 3.67. The van der Waals surface area contributed by atoms with E-state index in [4.69, 9.17) is 11.1 Å². The molecule has 0 unspecified atom stereocenters. The molecule has 0 heterocycles. The third kappa shape index (κ3) is 2.10. The summed E-state index contributed by atoms with van der Waals surface area (Å²) in [6.07, 6.45) is 0. The van der Waals surface area contributed by atoms with Gasteiger partial charge in [0.2, 0.25) is 0 Å². The Balaban J connectivity index is 2.95. The fraction of sp³-hybridized carbons (Fsp3) is 0.125. The average Bonchev–Trinajstić information content (AvgIpc) is 2.03. The molecule has 0 aliphatic rings. The van der Waals surface area contributed by atoms with Crippen molar-refractivity contribution in [1.82, 2.24) is 0 Å². The lowest BCUT2D eigenvalue weighted by Gasteiger charge is -2.16. The minimum Gasteiger partial charge on any atom is -0.370 e. The van der Waals surface area contributed by atoms with Crippen LogP contribution in [0.25, 0.3) is 0 Å². The third-order valence-corrected chi connectivity index (χ3v) is 2.23. The number of anilines is 1. The van der Waals surface area contributed by atoms with Gasteiger partial charge in [0.1, 0.15) is 0 Å². The Bertz CT molecular complexity index is 298. The summed E-state index contributed by atoms with van der Waals surface area (Å²) in [6, 6.07) is 7.83. The lowest BCUT2D eigenvalue weighted by Crippen LogP contribution is -2.32. The van der Waals surface area contributed by atoms with E-state index in [2.05, 4.69) is 22.6 Å². The second kappa shape index (κ2) is 3.75. The van der Waals surface area contributed by atoms with Crippen LogP contribution in [0.3, 0.4) is 0 Å². The summed E-state index contributed by atoms with van der Waals surface area (Å²) in [5, 5.41) is 7.21. The van der Waals surface area contributed by atoms with Crippen LogP contribution in [0.2, 0.25) is 0 Å². The molecule has 3 nitrogen and oxygen atoms in total. The zero-order chi connectivity index (χ0) is 9.14. The summed E-state index contributed by atoms with van der Waals surface area (Å²) in [7, 11) is 1.77. The molecule has 0 atom stereocenters. The summed E-state index contributed by atoms with van der Waals surface area (Å²) < 4.78 is 1.14. The van der Waals surface area contributed by atoms with Crippen LogP contribution >= 0.6 is 22.6 Å². The summed E-state index contributed by atoms with van der Waals surface area (Å²) in [4.78, 5) is 1.63. The molecule has 0 saturated carbocycles. The molecule has 0 radical (unpaired) electrons. The summed E-state index contributed by atoms with van der Waals surface area (Å²) in [5.41, 5.74) is 6.26. The number of hydrogen-bond acceptors (Lipinski definition) is 1. The average molecular weight is 275 g/mol. The van der Waals surface area contributed by atoms with E-state index in [1.54, 1.807) is 11.9 Å². The van der Waals surface area contributed by atoms with Gasteiger partial charge in [-0.2, -0.15) is 0 Å². The molecule has 1 aromatic carbocycles. The Labute approximate surface area is 85.2 Å². The standard InChI is InChI=1S/C8H10IN3/c1-12(8(10)11)7-4-2-3-6(9)5-7/h2-5H,1H3,(H3,10,11). The molecule has 0 aromatic heterocycles. The van der Waals surface area contributed by atoms with Crippen LogP contribution in [-0.2, 0) is 0 Å². The highest BCUT2D eigenvalue weighted by molar-refractivity contribution is 14.1. The predicted molar refractivity (Wildman–Crippen MR) is 59.5 cm³/mol. The van der Waals surface area contributed by atoms with Crippen molar-refractivity contribution in [2.24, 2.45) is 5.73 Å². The number of guanidine groups is 1. The van der Waals surface area contributed by atoms with Gasteiger partial charge >= 0.3 is 0 Å². The highest BCUT2D eigenvalue weighted by atomic mass is 127. The number of hydrogen-bond donors (Lipinski definition) is 2. The summed E-state index contributed by atoms with van der Waals surface area (Å²) in [6.45, 7) is 0. The fourth-order valence-corrected chi connectivity index (χ4v) is 1.35. The summed E-state index contributed by atoms with van der Waals surface area (Å²) in [5.74, 6) is 0.0528. The van der Waals surface area contributed by atoms with E-state index in [1.165, 1.54) is 0 Å². The summed E-state index contributed by atoms with van der Waals surface area (Å²) >= 11 is 2.22. The molecule has 3 N–H and O–H groups in total. The van der Waals surface area contributed by atoms with Gasteiger partial charge in [0.25, 0.3) is 0 Å². The van der Waals surface area contributed by atoms with Crippen LogP contribution in [-0.4, -0.2) is 13.0 Å². The van der Waals surface area contributed by atoms with Gasteiger partial charge in [-0.1, -0.05) is 6.07 Å². The van der Waals surface area contributed by atoms with Crippen molar-refractivity contribution in [2.45, 2.75) is 0 Å². The van der Waals surface area contributed by atoms with Crippen molar-refractivity contribution in [3.63, 3.8) is 0 Å². The molecule has 0 spiro atoms. The van der Waals surface area contributed by atoms with Crippen molar-refractivity contribution in [2.75, 3.05) is 11.9 Å². The number of nitrogens with zero attached hydrogens (tertiary/aromatic N) is 1. The maximum atomic E-state index is 7.21. The van der Waals surface area contributed by atoms with Gasteiger partial charge < -0.3 is 10.6 Å². The fourth-order valence-electron chi connectivity index (χ4n) is 0.824. The van der Waals surface area contributed by atoms with Gasteiger partial charge in [0.15, 0.2) is 5.96 Å². The SMILES string of the molecule is CN(C(=N)N)c1cccc(I)c1. The number of nitrogens with one attached hydrogen (secondary N) is 1. The zero-order valence-corrected chi connectivity index (χ0v) is 8.87. The molecular formula is C8H10IN3. The molecule has 4 heteroatoms. The molecule has 0 aliphatic heterocycles. The first kappa shape index (κ1) is 9.31. The molecule has 64 valence electrons. The van der Waals surface area contributed by atoms with Crippen molar-refractivity contribution in [3.05, 3.63) is 27.8 Å². The molecule has 0 aliphatic carbocycles. The normalized spacial score (nSPS) is 9.50. The number of halogens is 1. The van der Waals surface area contributed by atoms with E-state index in [0.29, 0.717) is 0 Å². The quantitative estimate of drug-likeness (QED) is 0.465. The van der Waals surface area contributed by atoms with Gasteiger partial charge in [-0.05, 0) is 40.8 Å². The van der Waals surface area contributed by atoms with Gasteiger partial charge in [-0.25, -0.2) is 0 Å². The minimum absolute atomic E-state index is 0.0528. The molecule has 0 fully saturated rings. The van der Waals surface area contributed by atoms with Gasteiger partial charge in [0, 0.05) is 16.3 Å². The highest BCUT2D eigenvalue weighted by Crippen LogP contribution is 2.15. The van der Waals surface area contributed by atoms with Crippen molar-refractivity contribution in [1.29, 1.82) is 5.41 Å². The van der Waals surface area contributed by atoms with Crippen molar-refractivity contribution < 1.29 is 0 Å². The first-order valence-electron chi connectivity index (χ1n) is 3.44. The van der Waals surface area contributed by atoms with Crippen LogP contribution < -0.4 is 10.6 Å². The number of rotatable bonds is 1. The Hall–Kier alpha value is -0.780.